The van der Waals surface area contributed by atoms with Gasteiger partial charge in [-0.1, -0.05) is 42.5 Å². The average molecular weight is 462 g/mol. The van der Waals surface area contributed by atoms with Gasteiger partial charge in [0.05, 0.1) is 17.4 Å². The van der Waals surface area contributed by atoms with E-state index < -0.39 is 0 Å². The first kappa shape index (κ1) is 20.4. The van der Waals surface area contributed by atoms with E-state index in [9.17, 15) is 0 Å². The summed E-state index contributed by atoms with van der Waals surface area (Å²) in [5.74, 6) is 2.62. The van der Waals surface area contributed by atoms with Gasteiger partial charge in [-0.3, -0.25) is 0 Å². The van der Waals surface area contributed by atoms with Gasteiger partial charge in [0.1, 0.15) is 36.1 Å². The van der Waals surface area contributed by atoms with Gasteiger partial charge >= 0.3 is 0 Å². The van der Waals surface area contributed by atoms with Crippen LogP contribution in [-0.4, -0.2) is 28.2 Å². The monoisotopic (exact) mass is 461 g/mol. The van der Waals surface area contributed by atoms with Crippen molar-refractivity contribution in [3.05, 3.63) is 90.7 Å². The molecule has 174 valence electrons. The number of para-hydroxylation sites is 1. The van der Waals surface area contributed by atoms with Crippen molar-refractivity contribution < 1.29 is 4.57 Å². The van der Waals surface area contributed by atoms with Crippen LogP contribution < -0.4 is 14.4 Å². The van der Waals surface area contributed by atoms with Gasteiger partial charge in [0.25, 0.3) is 5.82 Å². The number of nitrogens with one attached hydrogen (secondary N) is 1. The normalized spacial score (nSPS) is 24.4. The van der Waals surface area contributed by atoms with Crippen LogP contribution in [0, 0.1) is 0 Å². The molecule has 6 nitrogen and oxygen atoms in total. The molecule has 0 bridgehead atoms. The summed E-state index contributed by atoms with van der Waals surface area (Å²) >= 11 is 0. The van der Waals surface area contributed by atoms with Crippen LogP contribution in [0.3, 0.4) is 0 Å². The van der Waals surface area contributed by atoms with E-state index >= 15 is 0 Å². The maximum atomic E-state index is 4.57. The Bertz CT molecular complexity index is 1490. The summed E-state index contributed by atoms with van der Waals surface area (Å²) in [7, 11) is 2.11. The van der Waals surface area contributed by atoms with Crippen molar-refractivity contribution in [2.75, 3.05) is 16.8 Å². The minimum atomic E-state index is -0.0463. The second-order valence-electron chi connectivity index (χ2n) is 10.2. The smallest absolute Gasteiger partial charge is 0.287 e. The summed E-state index contributed by atoms with van der Waals surface area (Å²) in [6.07, 6.45) is 12.5. The SMILES string of the molecule is CC1N(C)c2ncncc2N1c1ccccc1C1=CCC2c3ccccc3-c3[nH]cc[n+]3C2(C)C1. The molecule has 0 radical (unpaired) electrons. The maximum Gasteiger partial charge on any atom is 0.287 e. The van der Waals surface area contributed by atoms with Crippen LogP contribution >= 0.6 is 0 Å². The molecule has 0 fully saturated rings. The molecule has 4 aromatic rings. The third-order valence-electron chi connectivity index (χ3n) is 8.44. The topological polar surface area (TPSA) is 51.9 Å². The maximum absolute atomic E-state index is 4.57. The average Bonchev–Trinajstić information content (AvgIpc) is 3.49. The fraction of sp³-hybridized carbons (Fsp3) is 0.276. The highest BCUT2D eigenvalue weighted by Crippen LogP contribution is 2.52. The number of hydrogen-bond acceptors (Lipinski definition) is 4. The summed E-state index contributed by atoms with van der Waals surface area (Å²) in [6, 6.07) is 17.7. The van der Waals surface area contributed by atoms with Gasteiger partial charge in [-0.2, -0.15) is 0 Å². The van der Waals surface area contributed by atoms with Crippen molar-refractivity contribution in [1.82, 2.24) is 15.0 Å². The molecular weight excluding hydrogens is 432 g/mol. The van der Waals surface area contributed by atoms with E-state index in [-0.39, 0.29) is 11.7 Å². The number of benzene rings is 2. The number of hydrogen-bond donors (Lipinski definition) is 1. The lowest BCUT2D eigenvalue weighted by Crippen LogP contribution is -2.60. The van der Waals surface area contributed by atoms with Crippen molar-refractivity contribution in [1.29, 1.82) is 0 Å². The summed E-state index contributed by atoms with van der Waals surface area (Å²) in [5.41, 5.74) is 7.69. The zero-order valence-corrected chi connectivity index (χ0v) is 20.3. The Morgan fingerprint density at radius 3 is 2.74 bits per heavy atom. The number of imidazole rings is 1. The second kappa shape index (κ2) is 7.28. The van der Waals surface area contributed by atoms with Gasteiger partial charge in [-0.15, -0.1) is 0 Å². The standard InChI is InChI=1S/C29H28N6/c1-19-33(3)28-26(17-30-18-32-28)35(19)25-11-7-6-8-21(25)20-12-13-24-22-9-4-5-10-23(22)27-31-14-15-34(27)29(24,2)16-20/h4-12,14-15,17-19,24H,13,16H2,1-3H3/p+1. The molecule has 1 N–H and O–H groups in total. The quantitative estimate of drug-likeness (QED) is 0.407. The number of nitrogens with zero attached hydrogens (tertiary/aromatic N) is 5. The Kier molecular flexibility index (Phi) is 4.25. The Balaban J connectivity index is 1.35. The molecule has 0 saturated carbocycles. The van der Waals surface area contributed by atoms with Gasteiger partial charge < -0.3 is 9.80 Å². The van der Waals surface area contributed by atoms with E-state index in [4.69, 9.17) is 0 Å². The molecule has 3 unspecified atom stereocenters. The fourth-order valence-electron chi connectivity index (χ4n) is 6.59. The van der Waals surface area contributed by atoms with Crippen LogP contribution in [0.4, 0.5) is 17.2 Å². The zero-order chi connectivity index (χ0) is 23.7. The molecule has 0 spiro atoms. The second-order valence-corrected chi connectivity index (χ2v) is 10.2. The Hall–Kier alpha value is -3.93. The first-order valence-electron chi connectivity index (χ1n) is 12.4. The lowest BCUT2D eigenvalue weighted by molar-refractivity contribution is -0.756. The predicted octanol–water partition coefficient (Wildman–Crippen LogP) is 5.38. The van der Waals surface area contributed by atoms with Gasteiger partial charge in [-0.25, -0.2) is 19.5 Å². The Morgan fingerprint density at radius 2 is 1.86 bits per heavy atom. The molecule has 0 saturated heterocycles. The van der Waals surface area contributed by atoms with E-state index in [1.54, 1.807) is 6.33 Å². The van der Waals surface area contributed by atoms with Crippen LogP contribution in [-0.2, 0) is 5.54 Å². The molecule has 0 amide bonds. The molecule has 2 aromatic heterocycles. The molecule has 3 aliphatic rings. The molecular formula is C29H29N6+. The zero-order valence-electron chi connectivity index (χ0n) is 20.3. The van der Waals surface area contributed by atoms with E-state index in [2.05, 4.69) is 117 Å². The van der Waals surface area contributed by atoms with E-state index in [1.807, 2.05) is 6.20 Å². The third-order valence-corrected chi connectivity index (χ3v) is 8.44. The number of aromatic amines is 1. The van der Waals surface area contributed by atoms with E-state index in [1.165, 1.54) is 33.8 Å². The molecule has 2 aromatic carbocycles. The van der Waals surface area contributed by atoms with E-state index in [0.29, 0.717) is 5.92 Å². The number of anilines is 3. The molecule has 4 heterocycles. The molecule has 1 aliphatic carbocycles. The minimum Gasteiger partial charge on any atom is -0.337 e. The highest BCUT2D eigenvalue weighted by Gasteiger charge is 2.50. The molecule has 35 heavy (non-hydrogen) atoms. The lowest BCUT2D eigenvalue weighted by Gasteiger charge is -2.43. The van der Waals surface area contributed by atoms with Gasteiger partial charge in [0, 0.05) is 24.9 Å². The predicted molar refractivity (Wildman–Crippen MR) is 139 cm³/mol. The largest absolute Gasteiger partial charge is 0.337 e. The lowest BCUT2D eigenvalue weighted by atomic mass is 9.67. The van der Waals surface area contributed by atoms with Gasteiger partial charge in [0.15, 0.2) is 5.82 Å². The summed E-state index contributed by atoms with van der Waals surface area (Å²) in [4.78, 5) is 17.0. The van der Waals surface area contributed by atoms with Crippen LogP contribution in [0.25, 0.3) is 17.0 Å². The van der Waals surface area contributed by atoms with Gasteiger partial charge in [0.2, 0.25) is 0 Å². The molecule has 3 atom stereocenters. The van der Waals surface area contributed by atoms with E-state index in [0.717, 1.165) is 24.3 Å². The van der Waals surface area contributed by atoms with Crippen molar-refractivity contribution >= 4 is 22.8 Å². The van der Waals surface area contributed by atoms with Crippen LogP contribution in [0.1, 0.15) is 43.7 Å². The highest BCUT2D eigenvalue weighted by atomic mass is 15.4. The number of allylic oxidation sites excluding steroid dienone is 2. The molecule has 2 aliphatic heterocycles. The first-order valence-corrected chi connectivity index (χ1v) is 12.4. The van der Waals surface area contributed by atoms with Gasteiger partial charge in [-0.05, 0) is 43.5 Å². The fourth-order valence-corrected chi connectivity index (χ4v) is 6.59. The Labute approximate surface area is 205 Å². The number of H-pyrrole nitrogens is 1. The van der Waals surface area contributed by atoms with Crippen molar-refractivity contribution in [3.8, 4) is 11.4 Å². The number of fused-ring (bicyclic) bond motifs is 7. The number of rotatable bonds is 2. The summed E-state index contributed by atoms with van der Waals surface area (Å²) in [6.45, 7) is 4.65. The van der Waals surface area contributed by atoms with Crippen molar-refractivity contribution in [3.63, 3.8) is 0 Å². The minimum absolute atomic E-state index is 0.0463. The highest BCUT2D eigenvalue weighted by molar-refractivity contribution is 5.87. The Morgan fingerprint density at radius 1 is 1.06 bits per heavy atom. The summed E-state index contributed by atoms with van der Waals surface area (Å²) in [5, 5.41) is 0. The van der Waals surface area contributed by atoms with Crippen LogP contribution in [0.5, 0.6) is 0 Å². The summed E-state index contributed by atoms with van der Waals surface area (Å²) < 4.78 is 2.48. The molecule has 7 rings (SSSR count). The van der Waals surface area contributed by atoms with Crippen molar-refractivity contribution in [2.24, 2.45) is 0 Å². The first-order chi connectivity index (χ1) is 17.1. The third kappa shape index (κ3) is 2.74. The van der Waals surface area contributed by atoms with Crippen LogP contribution in [0.2, 0.25) is 0 Å². The molecule has 6 heteroatoms. The number of aromatic nitrogens is 4. The van der Waals surface area contributed by atoms with Crippen LogP contribution in [0.15, 0.2) is 79.5 Å². The van der Waals surface area contributed by atoms with Crippen molar-refractivity contribution in [2.45, 2.75) is 44.3 Å².